The molecular formula is C16H14ClNS. The van der Waals surface area contributed by atoms with Gasteiger partial charge >= 0.3 is 0 Å². The van der Waals surface area contributed by atoms with E-state index >= 15 is 0 Å². The van der Waals surface area contributed by atoms with E-state index in [4.69, 9.17) is 11.6 Å². The monoisotopic (exact) mass is 287 g/mol. The first kappa shape index (κ1) is 12.6. The van der Waals surface area contributed by atoms with E-state index in [1.54, 1.807) is 11.3 Å². The van der Waals surface area contributed by atoms with Crippen LogP contribution >= 0.6 is 22.9 Å². The fourth-order valence-electron chi connectivity index (χ4n) is 2.03. The molecule has 0 radical (unpaired) electrons. The highest BCUT2D eigenvalue weighted by Crippen LogP contribution is 2.32. The number of halogens is 1. The molecule has 0 spiro atoms. The van der Waals surface area contributed by atoms with Crippen LogP contribution in [0.25, 0.3) is 20.8 Å². The summed E-state index contributed by atoms with van der Waals surface area (Å²) >= 11 is 7.69. The minimum Gasteiger partial charge on any atom is -0.236 e. The maximum Gasteiger partial charge on any atom is 0.124 e. The molecule has 3 heteroatoms. The van der Waals surface area contributed by atoms with Crippen molar-refractivity contribution in [2.24, 2.45) is 0 Å². The lowest BCUT2D eigenvalue weighted by molar-refractivity contribution is 0.867. The van der Waals surface area contributed by atoms with Gasteiger partial charge in [0.15, 0.2) is 0 Å². The molecule has 0 aliphatic carbocycles. The Kier molecular flexibility index (Phi) is 3.29. The smallest absolute Gasteiger partial charge is 0.124 e. The number of rotatable bonds is 2. The van der Waals surface area contributed by atoms with Crippen LogP contribution in [-0.4, -0.2) is 4.98 Å². The quantitative estimate of drug-likeness (QED) is 0.585. The summed E-state index contributed by atoms with van der Waals surface area (Å²) in [4.78, 5) is 4.66. The minimum atomic E-state index is 0.559. The summed E-state index contributed by atoms with van der Waals surface area (Å²) in [5.74, 6) is 0.559. The number of hydrogen-bond acceptors (Lipinski definition) is 2. The van der Waals surface area contributed by atoms with Gasteiger partial charge < -0.3 is 0 Å². The van der Waals surface area contributed by atoms with E-state index in [1.807, 2.05) is 18.2 Å². The van der Waals surface area contributed by atoms with Gasteiger partial charge in [-0.25, -0.2) is 4.98 Å². The fourth-order valence-corrected chi connectivity index (χ4v) is 3.28. The molecule has 0 N–H and O–H groups in total. The van der Waals surface area contributed by atoms with Crippen LogP contribution < -0.4 is 0 Å². The first-order chi connectivity index (χ1) is 9.13. The molecule has 3 aromatic rings. The summed E-state index contributed by atoms with van der Waals surface area (Å²) in [5.41, 5.74) is 3.53. The third-order valence-corrected chi connectivity index (χ3v) is 4.48. The number of fused-ring (bicyclic) bond motifs is 1. The summed E-state index contributed by atoms with van der Waals surface area (Å²) in [6.07, 6.45) is 0. The lowest BCUT2D eigenvalue weighted by Crippen LogP contribution is -1.86. The first-order valence-electron chi connectivity index (χ1n) is 6.30. The van der Waals surface area contributed by atoms with Crippen molar-refractivity contribution in [3.8, 4) is 10.6 Å². The predicted molar refractivity (Wildman–Crippen MR) is 84.2 cm³/mol. The molecule has 0 amide bonds. The molecule has 0 atom stereocenters. The third kappa shape index (κ3) is 2.51. The number of nitrogens with zero attached hydrogens (tertiary/aromatic N) is 1. The highest BCUT2D eigenvalue weighted by atomic mass is 35.5. The molecule has 0 aliphatic rings. The molecule has 0 saturated heterocycles. The fraction of sp³-hybridized carbons (Fsp3) is 0.188. The highest BCUT2D eigenvalue weighted by molar-refractivity contribution is 7.21. The van der Waals surface area contributed by atoms with Gasteiger partial charge in [-0.15, -0.1) is 11.3 Å². The Balaban J connectivity index is 2.03. The Morgan fingerprint density at radius 1 is 1.05 bits per heavy atom. The molecule has 1 aromatic heterocycles. The summed E-state index contributed by atoms with van der Waals surface area (Å²) in [6.45, 7) is 4.41. The van der Waals surface area contributed by atoms with E-state index in [-0.39, 0.29) is 0 Å². The van der Waals surface area contributed by atoms with E-state index in [0.717, 1.165) is 20.2 Å². The molecule has 0 bridgehead atoms. The van der Waals surface area contributed by atoms with E-state index in [0.29, 0.717) is 5.92 Å². The van der Waals surface area contributed by atoms with Crippen molar-refractivity contribution in [3.05, 3.63) is 53.1 Å². The summed E-state index contributed by atoms with van der Waals surface area (Å²) in [7, 11) is 0. The SMILES string of the molecule is CC(C)c1ccc(-c2nc3ccc(Cl)cc3s2)cc1. The zero-order valence-electron chi connectivity index (χ0n) is 10.9. The van der Waals surface area contributed by atoms with E-state index in [1.165, 1.54) is 11.1 Å². The molecule has 0 aliphatic heterocycles. The van der Waals surface area contributed by atoms with Gasteiger partial charge in [0.25, 0.3) is 0 Å². The van der Waals surface area contributed by atoms with Crippen LogP contribution in [0.15, 0.2) is 42.5 Å². The van der Waals surface area contributed by atoms with Crippen molar-refractivity contribution >= 4 is 33.2 Å². The molecule has 96 valence electrons. The normalized spacial score (nSPS) is 11.4. The van der Waals surface area contributed by atoms with Crippen LogP contribution in [0.5, 0.6) is 0 Å². The summed E-state index contributed by atoms with van der Waals surface area (Å²) in [6, 6.07) is 14.5. The third-order valence-electron chi connectivity index (χ3n) is 3.17. The van der Waals surface area contributed by atoms with Gasteiger partial charge in [-0.2, -0.15) is 0 Å². The van der Waals surface area contributed by atoms with Gasteiger partial charge in [0.1, 0.15) is 5.01 Å². The van der Waals surface area contributed by atoms with E-state index in [2.05, 4.69) is 43.1 Å². The van der Waals surface area contributed by atoms with Crippen LogP contribution in [0.4, 0.5) is 0 Å². The second kappa shape index (κ2) is 4.95. The summed E-state index contributed by atoms with van der Waals surface area (Å²) < 4.78 is 1.13. The van der Waals surface area contributed by atoms with Crippen LogP contribution in [0, 0.1) is 0 Å². The average Bonchev–Trinajstić information content (AvgIpc) is 2.81. The molecular weight excluding hydrogens is 274 g/mol. The Labute approximate surface area is 121 Å². The van der Waals surface area contributed by atoms with Crippen LogP contribution in [0.3, 0.4) is 0 Å². The lowest BCUT2D eigenvalue weighted by atomic mass is 10.0. The van der Waals surface area contributed by atoms with Crippen molar-refractivity contribution in [2.75, 3.05) is 0 Å². The van der Waals surface area contributed by atoms with Crippen molar-refractivity contribution in [2.45, 2.75) is 19.8 Å². The van der Waals surface area contributed by atoms with Crippen molar-refractivity contribution in [1.29, 1.82) is 0 Å². The minimum absolute atomic E-state index is 0.559. The second-order valence-corrected chi connectivity index (χ2v) is 6.37. The Bertz CT molecular complexity index is 713. The second-order valence-electron chi connectivity index (χ2n) is 4.91. The highest BCUT2D eigenvalue weighted by Gasteiger charge is 2.07. The van der Waals surface area contributed by atoms with Gasteiger partial charge in [-0.05, 0) is 29.7 Å². The van der Waals surface area contributed by atoms with Crippen molar-refractivity contribution < 1.29 is 0 Å². The maximum atomic E-state index is 6.01. The van der Waals surface area contributed by atoms with Gasteiger partial charge in [0.05, 0.1) is 10.2 Å². The van der Waals surface area contributed by atoms with Crippen molar-refractivity contribution in [1.82, 2.24) is 4.98 Å². The number of benzene rings is 2. The van der Waals surface area contributed by atoms with Crippen LogP contribution in [0.1, 0.15) is 25.3 Å². The molecule has 2 aromatic carbocycles. The van der Waals surface area contributed by atoms with Gasteiger partial charge in [0.2, 0.25) is 0 Å². The molecule has 1 heterocycles. The van der Waals surface area contributed by atoms with Crippen LogP contribution in [0.2, 0.25) is 5.02 Å². The molecule has 19 heavy (non-hydrogen) atoms. The lowest BCUT2D eigenvalue weighted by Gasteiger charge is -2.05. The largest absolute Gasteiger partial charge is 0.236 e. The molecule has 0 fully saturated rings. The van der Waals surface area contributed by atoms with E-state index < -0.39 is 0 Å². The van der Waals surface area contributed by atoms with Crippen LogP contribution in [-0.2, 0) is 0 Å². The molecule has 3 rings (SSSR count). The van der Waals surface area contributed by atoms with Crippen molar-refractivity contribution in [3.63, 3.8) is 0 Å². The van der Waals surface area contributed by atoms with Gasteiger partial charge in [0, 0.05) is 10.6 Å². The summed E-state index contributed by atoms with van der Waals surface area (Å²) in [5, 5.41) is 1.81. The maximum absolute atomic E-state index is 6.01. The molecule has 0 saturated carbocycles. The van der Waals surface area contributed by atoms with Gasteiger partial charge in [-0.1, -0.05) is 49.7 Å². The topological polar surface area (TPSA) is 12.9 Å². The standard InChI is InChI=1S/C16H14ClNS/c1-10(2)11-3-5-12(6-4-11)16-18-14-8-7-13(17)9-15(14)19-16/h3-10H,1-2H3. The number of hydrogen-bond donors (Lipinski definition) is 0. The Morgan fingerprint density at radius 3 is 2.47 bits per heavy atom. The average molecular weight is 288 g/mol. The van der Waals surface area contributed by atoms with E-state index in [9.17, 15) is 0 Å². The number of thiazole rings is 1. The zero-order valence-corrected chi connectivity index (χ0v) is 12.4. The zero-order chi connectivity index (χ0) is 13.4. The number of aromatic nitrogens is 1. The Hall–Kier alpha value is -1.38. The molecule has 0 unspecified atom stereocenters. The first-order valence-corrected chi connectivity index (χ1v) is 7.49. The molecule has 1 nitrogen and oxygen atoms in total. The van der Waals surface area contributed by atoms with Gasteiger partial charge in [-0.3, -0.25) is 0 Å². The Morgan fingerprint density at radius 2 is 1.79 bits per heavy atom. The predicted octanol–water partition coefficient (Wildman–Crippen LogP) is 5.74.